The summed E-state index contributed by atoms with van der Waals surface area (Å²) in [6, 6.07) is 3.77. The summed E-state index contributed by atoms with van der Waals surface area (Å²) in [6.45, 7) is 2.71. The SMILES string of the molecule is O=C(O)C(F)(F)F.O=C(c1cscn1)N1CC2(C1)OCCC2CCOc1cccnc1. The molecule has 0 saturated carbocycles. The fourth-order valence-electron chi connectivity index (χ4n) is 3.52. The molecule has 4 heterocycles. The molecule has 2 aromatic heterocycles. The molecule has 2 fully saturated rings. The molecule has 1 amide bonds. The summed E-state index contributed by atoms with van der Waals surface area (Å²) in [4.78, 5) is 31.2. The Morgan fingerprint density at radius 2 is 2.13 bits per heavy atom. The van der Waals surface area contributed by atoms with E-state index in [2.05, 4.69) is 9.97 Å². The van der Waals surface area contributed by atoms with Crippen LogP contribution in [0.25, 0.3) is 0 Å². The Kier molecular flexibility index (Phi) is 7.11. The minimum atomic E-state index is -5.08. The average Bonchev–Trinajstić information content (AvgIpc) is 3.37. The zero-order chi connectivity index (χ0) is 22.5. The molecule has 1 N–H and O–H groups in total. The minimum Gasteiger partial charge on any atom is -0.492 e. The van der Waals surface area contributed by atoms with Gasteiger partial charge in [-0.25, -0.2) is 9.78 Å². The molecule has 8 nitrogen and oxygen atoms in total. The third-order valence-electron chi connectivity index (χ3n) is 5.07. The molecule has 168 valence electrons. The van der Waals surface area contributed by atoms with E-state index < -0.39 is 12.1 Å². The van der Waals surface area contributed by atoms with Crippen molar-refractivity contribution in [2.45, 2.75) is 24.6 Å². The first-order valence-corrected chi connectivity index (χ1v) is 10.3. The third kappa shape index (κ3) is 5.70. The second-order valence-corrected chi connectivity index (χ2v) is 7.78. The highest BCUT2D eigenvalue weighted by Gasteiger charge is 2.54. The monoisotopic (exact) mass is 459 g/mol. The van der Waals surface area contributed by atoms with Gasteiger partial charge in [-0.3, -0.25) is 9.78 Å². The van der Waals surface area contributed by atoms with Crippen LogP contribution in [0.15, 0.2) is 35.4 Å². The van der Waals surface area contributed by atoms with Crippen LogP contribution in [0.1, 0.15) is 23.3 Å². The molecule has 1 spiro atoms. The Labute approximate surface area is 179 Å². The number of carboxylic acids is 1. The van der Waals surface area contributed by atoms with E-state index in [-0.39, 0.29) is 11.5 Å². The van der Waals surface area contributed by atoms with Crippen molar-refractivity contribution in [1.82, 2.24) is 14.9 Å². The van der Waals surface area contributed by atoms with E-state index in [9.17, 15) is 18.0 Å². The number of aliphatic carboxylic acids is 1. The predicted molar refractivity (Wildman–Crippen MR) is 103 cm³/mol. The number of aromatic nitrogens is 2. The number of carbonyl (C=O) groups is 2. The lowest BCUT2D eigenvalue weighted by atomic mass is 9.79. The van der Waals surface area contributed by atoms with E-state index in [1.807, 2.05) is 17.0 Å². The van der Waals surface area contributed by atoms with Gasteiger partial charge in [0.1, 0.15) is 17.0 Å². The zero-order valence-electron chi connectivity index (χ0n) is 16.2. The Hall–Kier alpha value is -2.73. The number of carbonyl (C=O) groups excluding carboxylic acids is 1. The van der Waals surface area contributed by atoms with Gasteiger partial charge < -0.3 is 19.5 Å². The molecule has 0 bridgehead atoms. The number of rotatable bonds is 5. The summed E-state index contributed by atoms with van der Waals surface area (Å²) in [5, 5.41) is 8.92. The van der Waals surface area contributed by atoms with Crippen LogP contribution in [-0.4, -0.2) is 69.9 Å². The number of amides is 1. The van der Waals surface area contributed by atoms with Gasteiger partial charge in [0, 0.05) is 18.2 Å². The van der Waals surface area contributed by atoms with Crippen LogP contribution in [0.4, 0.5) is 13.2 Å². The molecular weight excluding hydrogens is 439 g/mol. The zero-order valence-corrected chi connectivity index (χ0v) is 17.1. The van der Waals surface area contributed by atoms with Crippen molar-refractivity contribution in [3.63, 3.8) is 0 Å². The standard InChI is InChI=1S/C17H19N3O3S.C2HF3O2/c21-16(15-9-24-12-19-15)20-10-17(11-20)13(4-7-23-17)3-6-22-14-2-1-5-18-8-14;3-2(4,5)1(6)7/h1-2,5,8-9,12-13H,3-4,6-7,10-11H2;(H,6,7). The Bertz CT molecular complexity index is 874. The van der Waals surface area contributed by atoms with Gasteiger partial charge >= 0.3 is 12.1 Å². The van der Waals surface area contributed by atoms with E-state index in [1.54, 1.807) is 23.3 Å². The molecule has 0 aliphatic carbocycles. The molecule has 2 saturated heterocycles. The molecule has 0 radical (unpaired) electrons. The maximum Gasteiger partial charge on any atom is 0.490 e. The van der Waals surface area contributed by atoms with Crippen molar-refractivity contribution in [2.75, 3.05) is 26.3 Å². The van der Waals surface area contributed by atoms with Crippen molar-refractivity contribution < 1.29 is 37.3 Å². The second kappa shape index (κ2) is 9.60. The van der Waals surface area contributed by atoms with Gasteiger partial charge in [0.2, 0.25) is 0 Å². The van der Waals surface area contributed by atoms with Crippen LogP contribution >= 0.6 is 11.3 Å². The number of nitrogens with zero attached hydrogens (tertiary/aromatic N) is 3. The molecule has 12 heteroatoms. The van der Waals surface area contributed by atoms with Gasteiger partial charge in [-0.2, -0.15) is 13.2 Å². The van der Waals surface area contributed by atoms with Gasteiger partial charge in [0.15, 0.2) is 0 Å². The molecule has 1 atom stereocenters. The Morgan fingerprint density at radius 3 is 2.71 bits per heavy atom. The number of alkyl halides is 3. The predicted octanol–water partition coefficient (Wildman–Crippen LogP) is 2.87. The van der Waals surface area contributed by atoms with Crippen LogP contribution in [0, 0.1) is 5.92 Å². The lowest BCUT2D eigenvalue weighted by Gasteiger charge is -2.50. The van der Waals surface area contributed by atoms with Crippen LogP contribution in [0.3, 0.4) is 0 Å². The highest BCUT2D eigenvalue weighted by Crippen LogP contribution is 2.42. The second-order valence-electron chi connectivity index (χ2n) is 7.06. The molecule has 1 unspecified atom stereocenters. The van der Waals surface area contributed by atoms with Crippen molar-refractivity contribution in [3.05, 3.63) is 41.1 Å². The number of hydrogen-bond acceptors (Lipinski definition) is 7. The average molecular weight is 459 g/mol. The van der Waals surface area contributed by atoms with E-state index in [0.29, 0.717) is 31.3 Å². The van der Waals surface area contributed by atoms with Crippen molar-refractivity contribution in [1.29, 1.82) is 0 Å². The fraction of sp³-hybridized carbons (Fsp3) is 0.474. The van der Waals surface area contributed by atoms with Gasteiger partial charge in [0.05, 0.1) is 31.4 Å². The van der Waals surface area contributed by atoms with Crippen molar-refractivity contribution in [2.24, 2.45) is 5.92 Å². The molecule has 2 aromatic rings. The van der Waals surface area contributed by atoms with Crippen LogP contribution in [0.5, 0.6) is 5.75 Å². The van der Waals surface area contributed by atoms with Crippen molar-refractivity contribution >= 4 is 23.2 Å². The number of thiazole rings is 1. The highest BCUT2D eigenvalue weighted by atomic mass is 32.1. The number of likely N-dealkylation sites (tertiary alicyclic amines) is 1. The van der Waals surface area contributed by atoms with E-state index in [4.69, 9.17) is 19.4 Å². The Balaban J connectivity index is 0.000000339. The maximum absolute atomic E-state index is 12.3. The summed E-state index contributed by atoms with van der Waals surface area (Å²) in [5.74, 6) is -1.54. The fourth-order valence-corrected chi connectivity index (χ4v) is 4.04. The van der Waals surface area contributed by atoms with E-state index in [1.165, 1.54) is 11.3 Å². The minimum absolute atomic E-state index is 0.00253. The molecule has 2 aliphatic rings. The van der Waals surface area contributed by atoms with E-state index >= 15 is 0 Å². The van der Waals surface area contributed by atoms with Crippen molar-refractivity contribution in [3.8, 4) is 5.75 Å². The number of pyridine rings is 1. The third-order valence-corrected chi connectivity index (χ3v) is 5.65. The number of halogens is 3. The van der Waals surface area contributed by atoms with Crippen LogP contribution in [0.2, 0.25) is 0 Å². The van der Waals surface area contributed by atoms with Gasteiger partial charge in [-0.05, 0) is 30.9 Å². The smallest absolute Gasteiger partial charge is 0.490 e. The summed E-state index contributed by atoms with van der Waals surface area (Å²) in [6.07, 6.45) is 0.316. The first-order valence-electron chi connectivity index (χ1n) is 9.36. The molecule has 0 aromatic carbocycles. The van der Waals surface area contributed by atoms with Crippen LogP contribution in [-0.2, 0) is 9.53 Å². The molecule has 31 heavy (non-hydrogen) atoms. The summed E-state index contributed by atoms with van der Waals surface area (Å²) in [7, 11) is 0. The Morgan fingerprint density at radius 1 is 1.39 bits per heavy atom. The largest absolute Gasteiger partial charge is 0.492 e. The lowest BCUT2D eigenvalue weighted by Crippen LogP contribution is -2.66. The summed E-state index contributed by atoms with van der Waals surface area (Å²) >= 11 is 1.44. The summed E-state index contributed by atoms with van der Waals surface area (Å²) < 4.78 is 43.5. The summed E-state index contributed by atoms with van der Waals surface area (Å²) in [5.41, 5.74) is 2.03. The lowest BCUT2D eigenvalue weighted by molar-refractivity contribution is -0.192. The quantitative estimate of drug-likeness (QED) is 0.734. The number of carboxylic acid groups (broad SMARTS) is 1. The van der Waals surface area contributed by atoms with Gasteiger partial charge in [0.25, 0.3) is 5.91 Å². The molecule has 2 aliphatic heterocycles. The van der Waals surface area contributed by atoms with Gasteiger partial charge in [-0.15, -0.1) is 11.3 Å². The first kappa shape index (κ1) is 22.9. The van der Waals surface area contributed by atoms with Crippen LogP contribution < -0.4 is 4.74 Å². The molecular formula is C19H20F3N3O5S. The van der Waals surface area contributed by atoms with Gasteiger partial charge in [-0.1, -0.05) is 0 Å². The number of hydrogen-bond donors (Lipinski definition) is 1. The number of ether oxygens (including phenoxy) is 2. The maximum atomic E-state index is 12.3. The molecule has 4 rings (SSSR count). The van der Waals surface area contributed by atoms with E-state index in [0.717, 1.165) is 25.2 Å². The normalized spacial score (nSPS) is 19.3. The first-order chi connectivity index (χ1) is 14.7. The highest BCUT2D eigenvalue weighted by molar-refractivity contribution is 7.07. The topological polar surface area (TPSA) is 102 Å².